The van der Waals surface area contributed by atoms with Crippen LogP contribution in [0, 0.1) is 5.92 Å². The molecule has 2 aliphatic heterocycles. The van der Waals surface area contributed by atoms with Crippen molar-refractivity contribution in [1.82, 2.24) is 9.80 Å². The Balaban J connectivity index is 1.36. The summed E-state index contributed by atoms with van der Waals surface area (Å²) in [4.78, 5) is 31.1. The standard InChI is InChI=1S/C37H48N4O7/c1-25-20-41(26(2)23-42)36(43)31-19-30(39-37(44)38-29-11-6-5-7-12-29)14-16-32(31)48-27(3)10-8-9-17-45-35(25)22-40(4)21-28-13-15-33-34(18-28)47-24-46-33/h5-7,11-16,18-19,25-27,35,42H,8-10,17,20-24H2,1-4H3,(H2,38,39,44)/t25-,26+,27-,35-/m1/s1. The summed E-state index contributed by atoms with van der Waals surface area (Å²) in [7, 11) is 2.06. The largest absolute Gasteiger partial charge is 0.490 e. The van der Waals surface area contributed by atoms with Crippen molar-refractivity contribution in [3.63, 3.8) is 0 Å². The Morgan fingerprint density at radius 2 is 1.73 bits per heavy atom. The van der Waals surface area contributed by atoms with Gasteiger partial charge in [0.15, 0.2) is 11.5 Å². The number of ether oxygens (including phenoxy) is 4. The van der Waals surface area contributed by atoms with Crippen LogP contribution in [-0.2, 0) is 11.3 Å². The Morgan fingerprint density at radius 1 is 0.979 bits per heavy atom. The molecular weight excluding hydrogens is 612 g/mol. The fourth-order valence-corrected chi connectivity index (χ4v) is 6.00. The molecule has 0 spiro atoms. The molecule has 4 atom stereocenters. The van der Waals surface area contributed by atoms with Gasteiger partial charge in [0.2, 0.25) is 6.79 Å². The average Bonchev–Trinajstić information content (AvgIpc) is 3.54. The lowest BCUT2D eigenvalue weighted by Crippen LogP contribution is -2.47. The first-order valence-electron chi connectivity index (χ1n) is 16.7. The van der Waals surface area contributed by atoms with E-state index < -0.39 is 12.1 Å². The Labute approximate surface area is 283 Å². The number of anilines is 2. The molecular formula is C37H48N4O7. The van der Waals surface area contributed by atoms with Crippen molar-refractivity contribution in [2.75, 3.05) is 50.8 Å². The second-order valence-corrected chi connectivity index (χ2v) is 12.8. The summed E-state index contributed by atoms with van der Waals surface area (Å²) >= 11 is 0. The molecule has 0 aliphatic carbocycles. The van der Waals surface area contributed by atoms with Gasteiger partial charge in [-0.1, -0.05) is 31.2 Å². The number of aliphatic hydroxyl groups is 1. The molecule has 11 nitrogen and oxygen atoms in total. The van der Waals surface area contributed by atoms with Gasteiger partial charge in [-0.2, -0.15) is 0 Å². The number of amides is 3. The van der Waals surface area contributed by atoms with Crippen molar-refractivity contribution in [2.45, 2.75) is 64.8 Å². The molecule has 11 heteroatoms. The lowest BCUT2D eigenvalue weighted by molar-refractivity contribution is -0.0177. The lowest BCUT2D eigenvalue weighted by Gasteiger charge is -2.36. The number of likely N-dealkylation sites (N-methyl/N-ethyl adjacent to an activating group) is 1. The summed E-state index contributed by atoms with van der Waals surface area (Å²) in [5.74, 6) is 1.60. The molecule has 0 radical (unpaired) electrons. The number of urea groups is 1. The van der Waals surface area contributed by atoms with Crippen molar-refractivity contribution in [1.29, 1.82) is 0 Å². The first kappa shape index (κ1) is 35.0. The molecule has 0 fully saturated rings. The number of nitrogens with one attached hydrogen (secondary N) is 2. The van der Waals surface area contributed by atoms with Crippen molar-refractivity contribution in [3.05, 3.63) is 77.9 Å². The Morgan fingerprint density at radius 3 is 2.52 bits per heavy atom. The number of carbonyl (C=O) groups is 2. The molecule has 5 rings (SSSR count). The van der Waals surface area contributed by atoms with Crippen LogP contribution in [0.3, 0.4) is 0 Å². The van der Waals surface area contributed by atoms with E-state index in [0.29, 0.717) is 48.9 Å². The maximum absolute atomic E-state index is 14.4. The fraction of sp³-hybridized carbons (Fsp3) is 0.459. The van der Waals surface area contributed by atoms with E-state index in [1.807, 2.05) is 50.2 Å². The minimum atomic E-state index is -0.469. The van der Waals surface area contributed by atoms with E-state index in [2.05, 4.69) is 29.5 Å². The summed E-state index contributed by atoms with van der Waals surface area (Å²) < 4.78 is 23.9. The molecule has 0 aromatic heterocycles. The van der Waals surface area contributed by atoms with Crippen molar-refractivity contribution in [3.8, 4) is 17.2 Å². The molecule has 0 bridgehead atoms. The van der Waals surface area contributed by atoms with E-state index in [4.69, 9.17) is 18.9 Å². The van der Waals surface area contributed by atoms with Crippen LogP contribution in [0.2, 0.25) is 0 Å². The molecule has 3 amide bonds. The molecule has 3 aromatic carbocycles. The van der Waals surface area contributed by atoms with Gasteiger partial charge < -0.3 is 39.6 Å². The second kappa shape index (κ2) is 16.7. The summed E-state index contributed by atoms with van der Waals surface area (Å²) in [6.07, 6.45) is 2.26. The highest BCUT2D eigenvalue weighted by atomic mass is 16.7. The highest BCUT2D eigenvalue weighted by Crippen LogP contribution is 2.33. The number of fused-ring (bicyclic) bond motifs is 2. The molecule has 258 valence electrons. The quantitative estimate of drug-likeness (QED) is 0.270. The third kappa shape index (κ3) is 9.40. The summed E-state index contributed by atoms with van der Waals surface area (Å²) in [5.41, 5.74) is 2.52. The SMILES string of the molecule is C[C@@H]1CCCCO[C@H](CN(C)Cc2ccc3c(c2)OCO3)[C@H](C)CN([C@@H](C)CO)C(=O)c2cc(NC(=O)Nc3ccccc3)ccc2O1. The van der Waals surface area contributed by atoms with E-state index in [1.165, 1.54) is 0 Å². The zero-order valence-electron chi connectivity index (χ0n) is 28.3. The normalized spacial score (nSPS) is 20.8. The molecule has 0 saturated heterocycles. The van der Waals surface area contributed by atoms with Crippen LogP contribution in [0.1, 0.15) is 56.0 Å². The zero-order chi connectivity index (χ0) is 34.0. The maximum Gasteiger partial charge on any atom is 0.323 e. The van der Waals surface area contributed by atoms with Crippen LogP contribution in [0.15, 0.2) is 66.7 Å². The van der Waals surface area contributed by atoms with Crippen LogP contribution in [-0.4, -0.2) is 85.2 Å². The van der Waals surface area contributed by atoms with Gasteiger partial charge >= 0.3 is 6.03 Å². The minimum Gasteiger partial charge on any atom is -0.490 e. The average molecular weight is 661 g/mol. The van der Waals surface area contributed by atoms with Crippen LogP contribution >= 0.6 is 0 Å². The van der Waals surface area contributed by atoms with E-state index >= 15 is 0 Å². The van der Waals surface area contributed by atoms with Gasteiger partial charge in [0.05, 0.1) is 30.4 Å². The number of rotatable bonds is 8. The zero-order valence-corrected chi connectivity index (χ0v) is 28.3. The molecule has 2 heterocycles. The molecule has 3 aromatic rings. The second-order valence-electron chi connectivity index (χ2n) is 12.8. The van der Waals surface area contributed by atoms with Gasteiger partial charge in [0, 0.05) is 43.5 Å². The molecule has 2 aliphatic rings. The van der Waals surface area contributed by atoms with Gasteiger partial charge in [0.1, 0.15) is 5.75 Å². The molecule has 3 N–H and O–H groups in total. The summed E-state index contributed by atoms with van der Waals surface area (Å²) in [5, 5.41) is 15.9. The number of hydrogen-bond donors (Lipinski definition) is 3. The van der Waals surface area contributed by atoms with Crippen LogP contribution in [0.4, 0.5) is 16.2 Å². The first-order chi connectivity index (χ1) is 23.2. The minimum absolute atomic E-state index is 0.0636. The van der Waals surface area contributed by atoms with Crippen molar-refractivity contribution in [2.24, 2.45) is 5.92 Å². The van der Waals surface area contributed by atoms with E-state index in [9.17, 15) is 14.7 Å². The fourth-order valence-electron chi connectivity index (χ4n) is 6.00. The van der Waals surface area contributed by atoms with E-state index in [1.54, 1.807) is 35.2 Å². The predicted octanol–water partition coefficient (Wildman–Crippen LogP) is 5.99. The number of nitrogens with zero attached hydrogens (tertiary/aromatic N) is 2. The van der Waals surface area contributed by atoms with Crippen LogP contribution in [0.5, 0.6) is 17.2 Å². The lowest BCUT2D eigenvalue weighted by atomic mass is 10.0. The maximum atomic E-state index is 14.4. The number of carbonyl (C=O) groups excluding carboxylic acids is 2. The first-order valence-corrected chi connectivity index (χ1v) is 16.7. The Bertz CT molecular complexity index is 1520. The van der Waals surface area contributed by atoms with Gasteiger partial charge in [-0.05, 0) is 88.2 Å². The number of aliphatic hydroxyl groups excluding tert-OH is 1. The highest BCUT2D eigenvalue weighted by Gasteiger charge is 2.30. The van der Waals surface area contributed by atoms with Gasteiger partial charge in [-0.3, -0.25) is 9.69 Å². The van der Waals surface area contributed by atoms with E-state index in [0.717, 1.165) is 36.3 Å². The van der Waals surface area contributed by atoms with Crippen LogP contribution in [0.25, 0.3) is 0 Å². The third-order valence-corrected chi connectivity index (χ3v) is 8.72. The number of benzene rings is 3. The van der Waals surface area contributed by atoms with Gasteiger partial charge in [-0.15, -0.1) is 0 Å². The van der Waals surface area contributed by atoms with Crippen molar-refractivity contribution >= 4 is 23.3 Å². The Hall–Kier alpha value is -4.32. The molecule has 48 heavy (non-hydrogen) atoms. The molecule has 0 saturated carbocycles. The summed E-state index contributed by atoms with van der Waals surface area (Å²) in [6, 6.07) is 19.3. The topological polar surface area (TPSA) is 122 Å². The van der Waals surface area contributed by atoms with Crippen LogP contribution < -0.4 is 24.8 Å². The van der Waals surface area contributed by atoms with E-state index in [-0.39, 0.29) is 37.4 Å². The predicted molar refractivity (Wildman–Crippen MR) is 185 cm³/mol. The van der Waals surface area contributed by atoms with Gasteiger partial charge in [-0.25, -0.2) is 4.79 Å². The third-order valence-electron chi connectivity index (χ3n) is 8.72. The van der Waals surface area contributed by atoms with Crippen molar-refractivity contribution < 1.29 is 33.6 Å². The summed E-state index contributed by atoms with van der Waals surface area (Å²) in [6.45, 7) is 8.21. The smallest absolute Gasteiger partial charge is 0.323 e. The number of hydrogen-bond acceptors (Lipinski definition) is 8. The van der Waals surface area contributed by atoms with Gasteiger partial charge in [0.25, 0.3) is 5.91 Å². The molecule has 0 unspecified atom stereocenters. The Kier molecular flexibility index (Phi) is 12.2. The number of para-hydroxylation sites is 1. The monoisotopic (exact) mass is 660 g/mol. The highest BCUT2D eigenvalue weighted by molar-refractivity contribution is 6.02.